The monoisotopic (exact) mass is 594 g/mol. The summed E-state index contributed by atoms with van der Waals surface area (Å²) in [5.74, 6) is 0.628. The van der Waals surface area contributed by atoms with Crippen molar-refractivity contribution in [2.75, 3.05) is 7.11 Å². The first-order valence-corrected chi connectivity index (χ1v) is 13.6. The number of hydrogen-bond donors (Lipinski definition) is 0. The normalized spacial score (nSPS) is 14.9. The Morgan fingerprint density at radius 2 is 2.03 bits per heavy atom. The lowest BCUT2D eigenvalue weighted by Gasteiger charge is -2.27. The van der Waals surface area contributed by atoms with E-state index in [4.69, 9.17) is 4.74 Å². The summed E-state index contributed by atoms with van der Waals surface area (Å²) >= 11 is 4.07. The fourth-order valence-corrected chi connectivity index (χ4v) is 6.93. The van der Waals surface area contributed by atoms with Gasteiger partial charge in [-0.3, -0.25) is 4.40 Å². The van der Waals surface area contributed by atoms with Crippen LogP contribution in [-0.2, 0) is 16.6 Å². The summed E-state index contributed by atoms with van der Waals surface area (Å²) in [5, 5.41) is 16.9. The van der Waals surface area contributed by atoms with E-state index in [-0.39, 0.29) is 16.4 Å². The Hall–Kier alpha value is -2.99. The summed E-state index contributed by atoms with van der Waals surface area (Å²) in [6.45, 7) is -0.0134. The Labute approximate surface area is 217 Å². The number of ether oxygens (including phenoxy) is 1. The molecule has 0 atom stereocenters. The molecule has 1 saturated carbocycles. The zero-order chi connectivity index (χ0) is 25.7. The fourth-order valence-electron chi connectivity index (χ4n) is 3.77. The van der Waals surface area contributed by atoms with Gasteiger partial charge >= 0.3 is 0 Å². The second-order valence-corrected chi connectivity index (χ2v) is 11.8. The zero-order valence-electron chi connectivity index (χ0n) is 18.6. The largest absolute Gasteiger partial charge is 0.497 e. The van der Waals surface area contributed by atoms with Gasteiger partial charge < -0.3 is 4.74 Å². The van der Waals surface area contributed by atoms with Crippen molar-refractivity contribution in [2.45, 2.75) is 36.2 Å². The first-order chi connectivity index (χ1) is 17.2. The van der Waals surface area contributed by atoms with Crippen LogP contribution in [0.4, 0.5) is 8.78 Å². The van der Waals surface area contributed by atoms with Gasteiger partial charge in [0.2, 0.25) is 10.0 Å². The van der Waals surface area contributed by atoms with Crippen LogP contribution in [-0.4, -0.2) is 45.0 Å². The third-order valence-corrected chi connectivity index (χ3v) is 9.28. The molecule has 0 spiro atoms. The molecule has 3 aromatic heterocycles. The number of halogens is 3. The third-order valence-electron chi connectivity index (χ3n) is 5.86. The molecule has 0 saturated heterocycles. The molecule has 3 heterocycles. The highest BCUT2D eigenvalue weighted by molar-refractivity contribution is 9.10. The van der Waals surface area contributed by atoms with Crippen molar-refractivity contribution in [3.8, 4) is 22.5 Å². The van der Waals surface area contributed by atoms with Crippen molar-refractivity contribution >= 4 is 42.9 Å². The van der Waals surface area contributed by atoms with Gasteiger partial charge in [-0.1, -0.05) is 23.5 Å². The van der Waals surface area contributed by atoms with Crippen LogP contribution >= 0.6 is 27.3 Å². The minimum Gasteiger partial charge on any atom is -0.497 e. The first-order valence-electron chi connectivity index (χ1n) is 10.5. The van der Waals surface area contributed by atoms with Crippen molar-refractivity contribution < 1.29 is 21.9 Å². The molecule has 36 heavy (non-hydrogen) atoms. The number of imidazole rings is 1. The second kappa shape index (κ2) is 9.15. The highest BCUT2D eigenvalue weighted by atomic mass is 79.9. The van der Waals surface area contributed by atoms with Crippen LogP contribution in [0.15, 0.2) is 52.1 Å². The van der Waals surface area contributed by atoms with E-state index in [9.17, 15) is 22.5 Å². The van der Waals surface area contributed by atoms with Gasteiger partial charge in [-0.2, -0.15) is 9.57 Å². The summed E-state index contributed by atoms with van der Waals surface area (Å²) in [5.41, 5.74) is 0.234. The average molecular weight is 595 g/mol. The van der Waals surface area contributed by atoms with E-state index in [1.54, 1.807) is 24.3 Å². The van der Waals surface area contributed by atoms with Crippen molar-refractivity contribution in [1.29, 1.82) is 5.26 Å². The Bertz CT molecular complexity index is 1590. The topological polar surface area (TPSA) is 113 Å². The molecule has 1 aromatic carbocycles. The lowest BCUT2D eigenvalue weighted by Crippen LogP contribution is -2.40. The number of sulfonamides is 1. The number of nitrogens with zero attached hydrogens (tertiary/aromatic N) is 6. The first kappa shape index (κ1) is 24.7. The molecule has 1 aliphatic rings. The molecule has 0 bridgehead atoms. The number of aromatic nitrogens is 4. The molecule has 186 valence electrons. The van der Waals surface area contributed by atoms with E-state index >= 15 is 0 Å². The zero-order valence-corrected chi connectivity index (χ0v) is 21.8. The Morgan fingerprint density at radius 3 is 2.61 bits per heavy atom. The summed E-state index contributed by atoms with van der Waals surface area (Å²) in [6, 6.07) is 10.5. The van der Waals surface area contributed by atoms with Gasteiger partial charge in [0.05, 0.1) is 23.8 Å². The fraction of sp³-hybridized carbons (Fsp3) is 0.273. The molecule has 0 aliphatic heterocycles. The standard InChI is InChI=1S/C22H17BrF2N6O3S2/c1-34-14-4-2-13(3-5-14)10-31(22(12-26)6-7-22)36(32,33)15-8-16(23)19-27-9-17(30(19)11-15)20-28-29-21(35-20)18(24)25/h2-5,8-9,11,18H,6-7,10H2,1H3. The van der Waals surface area contributed by atoms with Crippen LogP contribution in [0.5, 0.6) is 5.75 Å². The Kier molecular flexibility index (Phi) is 6.27. The van der Waals surface area contributed by atoms with E-state index in [1.807, 2.05) is 0 Å². The molecule has 1 aliphatic carbocycles. The maximum atomic E-state index is 13.9. The van der Waals surface area contributed by atoms with Gasteiger partial charge in [0.25, 0.3) is 6.43 Å². The lowest BCUT2D eigenvalue weighted by molar-refractivity contribution is 0.150. The van der Waals surface area contributed by atoms with Gasteiger partial charge in [-0.15, -0.1) is 10.2 Å². The molecular formula is C22H17BrF2N6O3S2. The summed E-state index contributed by atoms with van der Waals surface area (Å²) in [7, 11) is -2.64. The lowest BCUT2D eigenvalue weighted by atomic mass is 10.2. The number of nitriles is 1. The SMILES string of the molecule is COc1ccc(CN(C2(C#N)CC2)S(=O)(=O)c2cc(Br)c3ncc(-c4nnc(C(F)F)s4)n3c2)cc1. The summed E-state index contributed by atoms with van der Waals surface area (Å²) < 4.78 is 62.2. The van der Waals surface area contributed by atoms with Gasteiger partial charge in [-0.25, -0.2) is 22.2 Å². The number of rotatable bonds is 8. The molecule has 4 aromatic rings. The summed E-state index contributed by atoms with van der Waals surface area (Å²) in [4.78, 5) is 4.18. The molecule has 0 unspecified atom stereocenters. The molecule has 0 N–H and O–H groups in total. The minimum atomic E-state index is -4.17. The van der Waals surface area contributed by atoms with E-state index < -0.39 is 27.0 Å². The van der Waals surface area contributed by atoms with Crippen LogP contribution in [0.2, 0.25) is 0 Å². The number of methoxy groups -OCH3 is 1. The van der Waals surface area contributed by atoms with Crippen LogP contribution in [0.3, 0.4) is 0 Å². The van der Waals surface area contributed by atoms with Crippen LogP contribution in [0, 0.1) is 11.3 Å². The minimum absolute atomic E-state index is 0.0134. The number of fused-ring (bicyclic) bond motifs is 1. The molecule has 1 fully saturated rings. The van der Waals surface area contributed by atoms with Crippen molar-refractivity contribution in [1.82, 2.24) is 23.9 Å². The van der Waals surface area contributed by atoms with Crippen molar-refractivity contribution in [2.24, 2.45) is 0 Å². The third kappa shape index (κ3) is 4.26. The number of alkyl halides is 2. The van der Waals surface area contributed by atoms with Gasteiger partial charge in [0.15, 0.2) is 15.7 Å². The maximum Gasteiger partial charge on any atom is 0.291 e. The highest BCUT2D eigenvalue weighted by Gasteiger charge is 2.54. The molecular weight excluding hydrogens is 578 g/mol. The van der Waals surface area contributed by atoms with Gasteiger partial charge in [0, 0.05) is 12.7 Å². The van der Waals surface area contributed by atoms with Gasteiger partial charge in [0.1, 0.15) is 21.9 Å². The summed E-state index contributed by atoms with van der Waals surface area (Å²) in [6.07, 6.45) is 0.833. The van der Waals surface area contributed by atoms with E-state index in [2.05, 4.69) is 37.2 Å². The maximum absolute atomic E-state index is 13.9. The van der Waals surface area contributed by atoms with E-state index in [0.29, 0.717) is 51.3 Å². The number of benzene rings is 1. The molecule has 14 heteroatoms. The smallest absolute Gasteiger partial charge is 0.291 e. The molecule has 9 nitrogen and oxygen atoms in total. The predicted molar refractivity (Wildman–Crippen MR) is 130 cm³/mol. The van der Waals surface area contributed by atoms with E-state index in [0.717, 1.165) is 0 Å². The Morgan fingerprint density at radius 1 is 1.31 bits per heavy atom. The van der Waals surface area contributed by atoms with E-state index in [1.165, 1.54) is 34.3 Å². The predicted octanol–water partition coefficient (Wildman–Crippen LogP) is 4.81. The quantitative estimate of drug-likeness (QED) is 0.287. The Balaban J connectivity index is 1.59. The number of hydrogen-bond acceptors (Lipinski definition) is 8. The second-order valence-electron chi connectivity index (χ2n) is 8.11. The molecule has 0 amide bonds. The van der Waals surface area contributed by atoms with Crippen molar-refractivity contribution in [3.63, 3.8) is 0 Å². The highest BCUT2D eigenvalue weighted by Crippen LogP contribution is 2.45. The van der Waals surface area contributed by atoms with Crippen LogP contribution in [0.1, 0.15) is 29.8 Å². The van der Waals surface area contributed by atoms with Crippen molar-refractivity contribution in [3.05, 3.63) is 57.8 Å². The van der Waals surface area contributed by atoms with Crippen LogP contribution in [0.25, 0.3) is 16.3 Å². The van der Waals surface area contributed by atoms with Gasteiger partial charge in [-0.05, 0) is 52.5 Å². The van der Waals surface area contributed by atoms with Crippen LogP contribution < -0.4 is 4.74 Å². The molecule has 0 radical (unpaired) electrons. The number of pyridine rings is 1. The molecule has 5 rings (SSSR count). The average Bonchev–Trinajstić information content (AvgIpc) is 3.27.